The van der Waals surface area contributed by atoms with Crippen LogP contribution in [0.5, 0.6) is 0 Å². The third-order valence-electron chi connectivity index (χ3n) is 5.95. The Labute approximate surface area is 192 Å². The van der Waals surface area contributed by atoms with Crippen LogP contribution in [0.15, 0.2) is 53.2 Å². The molecule has 1 amide bonds. The first kappa shape index (κ1) is 21.2. The molecule has 0 bridgehead atoms. The molecule has 1 aromatic carbocycles. The lowest BCUT2D eigenvalue weighted by Crippen LogP contribution is -2.48. The van der Waals surface area contributed by atoms with E-state index >= 15 is 0 Å². The van der Waals surface area contributed by atoms with E-state index in [4.69, 9.17) is 4.42 Å². The third-order valence-corrected chi connectivity index (χ3v) is 5.95. The normalized spacial score (nSPS) is 14.8. The highest BCUT2D eigenvalue weighted by Crippen LogP contribution is 2.24. The van der Waals surface area contributed by atoms with Gasteiger partial charge in [0.1, 0.15) is 0 Å². The molecule has 33 heavy (non-hydrogen) atoms. The summed E-state index contributed by atoms with van der Waals surface area (Å²) in [6, 6.07) is 12.1. The zero-order valence-electron chi connectivity index (χ0n) is 19.4. The number of benzene rings is 1. The number of piperazine rings is 1. The van der Waals surface area contributed by atoms with Gasteiger partial charge in [0.2, 0.25) is 5.65 Å². The first-order valence-electron chi connectivity index (χ1n) is 11.2. The van der Waals surface area contributed by atoms with Crippen LogP contribution < -0.4 is 4.90 Å². The fourth-order valence-electron chi connectivity index (χ4n) is 3.96. The van der Waals surface area contributed by atoms with Crippen molar-refractivity contribution < 1.29 is 9.21 Å². The van der Waals surface area contributed by atoms with E-state index in [0.29, 0.717) is 49.0 Å². The molecular weight excluding hydrogens is 416 g/mol. The van der Waals surface area contributed by atoms with E-state index in [-0.39, 0.29) is 11.4 Å². The summed E-state index contributed by atoms with van der Waals surface area (Å²) >= 11 is 0. The lowest BCUT2D eigenvalue weighted by molar-refractivity contribution is 0.0745. The van der Waals surface area contributed by atoms with E-state index in [1.807, 2.05) is 65.3 Å². The van der Waals surface area contributed by atoms with E-state index in [1.165, 1.54) is 0 Å². The Balaban J connectivity index is 1.23. The van der Waals surface area contributed by atoms with Crippen molar-refractivity contribution in [3.63, 3.8) is 0 Å². The van der Waals surface area contributed by atoms with E-state index in [1.54, 1.807) is 0 Å². The predicted octanol–water partition coefficient (Wildman–Crippen LogP) is 4.11. The van der Waals surface area contributed by atoms with Crippen molar-refractivity contribution in [2.45, 2.75) is 33.2 Å². The maximum Gasteiger partial charge on any atom is 0.300 e. The molecule has 0 unspecified atom stereocenters. The number of fused-ring (bicyclic) bond motifs is 1. The minimum absolute atomic E-state index is 0.0430. The Kier molecular flexibility index (Phi) is 5.15. The van der Waals surface area contributed by atoms with Gasteiger partial charge in [0.05, 0.1) is 11.7 Å². The second-order valence-corrected chi connectivity index (χ2v) is 9.47. The zero-order chi connectivity index (χ0) is 23.2. The van der Waals surface area contributed by atoms with Crippen molar-refractivity contribution in [3.05, 3.63) is 60.0 Å². The Morgan fingerprint density at radius 1 is 0.939 bits per heavy atom. The topological polar surface area (TPSA) is 80.3 Å². The van der Waals surface area contributed by atoms with Crippen LogP contribution in [0.25, 0.3) is 22.4 Å². The summed E-state index contributed by atoms with van der Waals surface area (Å²) in [7, 11) is 0. The molecule has 1 aliphatic rings. The number of nitrogens with zero attached hydrogens (tertiary/aromatic N) is 6. The number of oxazole rings is 1. The monoisotopic (exact) mass is 444 g/mol. The standard InChI is InChI=1S/C25H28N6O2/c1-17-5-10-21-22(27-17)28-24(33-21)30-13-11-29(12-14-30)23(32)19-8-6-18(7-9-19)20-15-26-31(16-20)25(2,3)4/h5-10,15-16H,11-14H2,1-4H3. The summed E-state index contributed by atoms with van der Waals surface area (Å²) < 4.78 is 7.82. The second kappa shape index (κ2) is 8.03. The number of amides is 1. The molecule has 4 aromatic rings. The van der Waals surface area contributed by atoms with Crippen LogP contribution >= 0.6 is 0 Å². The van der Waals surface area contributed by atoms with Crippen LogP contribution in [0.1, 0.15) is 36.8 Å². The van der Waals surface area contributed by atoms with Gasteiger partial charge in [0, 0.05) is 49.2 Å². The van der Waals surface area contributed by atoms with Crippen molar-refractivity contribution >= 4 is 23.2 Å². The quantitative estimate of drug-likeness (QED) is 0.473. The lowest BCUT2D eigenvalue weighted by Gasteiger charge is -2.33. The smallest absolute Gasteiger partial charge is 0.300 e. The highest BCUT2D eigenvalue weighted by atomic mass is 16.4. The molecule has 4 heterocycles. The van der Waals surface area contributed by atoms with Crippen molar-refractivity contribution in [1.82, 2.24) is 24.6 Å². The third kappa shape index (κ3) is 4.20. The van der Waals surface area contributed by atoms with Crippen molar-refractivity contribution in [3.8, 4) is 11.1 Å². The van der Waals surface area contributed by atoms with Gasteiger partial charge in [-0.2, -0.15) is 10.1 Å². The number of pyridine rings is 1. The first-order chi connectivity index (χ1) is 15.8. The van der Waals surface area contributed by atoms with Crippen LogP contribution in [-0.4, -0.2) is 56.7 Å². The van der Waals surface area contributed by atoms with Gasteiger partial charge in [-0.3, -0.25) is 9.48 Å². The summed E-state index contributed by atoms with van der Waals surface area (Å²) in [5, 5.41) is 4.47. The number of hydrogen-bond donors (Lipinski definition) is 0. The number of rotatable bonds is 3. The fraction of sp³-hybridized carbons (Fsp3) is 0.360. The van der Waals surface area contributed by atoms with Gasteiger partial charge in [-0.05, 0) is 57.5 Å². The molecule has 0 spiro atoms. The number of carbonyl (C=O) groups excluding carboxylic acids is 1. The zero-order valence-corrected chi connectivity index (χ0v) is 19.4. The highest BCUT2D eigenvalue weighted by molar-refractivity contribution is 5.94. The highest BCUT2D eigenvalue weighted by Gasteiger charge is 2.25. The van der Waals surface area contributed by atoms with E-state index in [0.717, 1.165) is 16.8 Å². The van der Waals surface area contributed by atoms with Crippen molar-refractivity contribution in [2.75, 3.05) is 31.1 Å². The molecule has 3 aromatic heterocycles. The minimum Gasteiger partial charge on any atom is -0.422 e. The van der Waals surface area contributed by atoms with E-state index in [2.05, 4.69) is 40.7 Å². The van der Waals surface area contributed by atoms with Gasteiger partial charge in [0.15, 0.2) is 5.58 Å². The fourth-order valence-corrected chi connectivity index (χ4v) is 3.96. The molecule has 8 nitrogen and oxygen atoms in total. The van der Waals surface area contributed by atoms with Gasteiger partial charge in [-0.1, -0.05) is 12.1 Å². The van der Waals surface area contributed by atoms with Gasteiger partial charge in [-0.15, -0.1) is 0 Å². The molecule has 1 fully saturated rings. The molecule has 0 saturated carbocycles. The maximum atomic E-state index is 13.0. The number of carbonyl (C=O) groups is 1. The van der Waals surface area contributed by atoms with Gasteiger partial charge in [0.25, 0.3) is 11.9 Å². The van der Waals surface area contributed by atoms with Gasteiger partial charge in [-0.25, -0.2) is 4.98 Å². The molecule has 8 heteroatoms. The molecule has 1 aliphatic heterocycles. The van der Waals surface area contributed by atoms with E-state index < -0.39 is 0 Å². The van der Waals surface area contributed by atoms with Crippen molar-refractivity contribution in [1.29, 1.82) is 0 Å². The average molecular weight is 445 g/mol. The minimum atomic E-state index is -0.0658. The van der Waals surface area contributed by atoms with Crippen LogP contribution in [0.2, 0.25) is 0 Å². The molecule has 0 radical (unpaired) electrons. The Bertz CT molecular complexity index is 1290. The number of aromatic nitrogens is 4. The molecule has 0 atom stereocenters. The predicted molar refractivity (Wildman–Crippen MR) is 127 cm³/mol. The van der Waals surface area contributed by atoms with Gasteiger partial charge >= 0.3 is 0 Å². The van der Waals surface area contributed by atoms with Crippen LogP contribution in [0.3, 0.4) is 0 Å². The number of hydrogen-bond acceptors (Lipinski definition) is 6. The Hall–Kier alpha value is -3.68. The second-order valence-electron chi connectivity index (χ2n) is 9.47. The van der Waals surface area contributed by atoms with Crippen LogP contribution in [0, 0.1) is 6.92 Å². The summed E-state index contributed by atoms with van der Waals surface area (Å²) in [5.74, 6) is 0.0430. The summed E-state index contributed by atoms with van der Waals surface area (Å²) in [6.45, 7) is 10.9. The Morgan fingerprint density at radius 2 is 1.67 bits per heavy atom. The maximum absolute atomic E-state index is 13.0. The van der Waals surface area contributed by atoms with Crippen molar-refractivity contribution in [2.24, 2.45) is 0 Å². The molecule has 0 aliphatic carbocycles. The SMILES string of the molecule is Cc1ccc2oc(N3CCN(C(=O)c4ccc(-c5cnn(C(C)(C)C)c5)cc4)CC3)nc2n1. The molecule has 0 N–H and O–H groups in total. The van der Waals surface area contributed by atoms with E-state index in [9.17, 15) is 4.79 Å². The van der Waals surface area contributed by atoms with Gasteiger partial charge < -0.3 is 14.2 Å². The largest absolute Gasteiger partial charge is 0.422 e. The summed E-state index contributed by atoms with van der Waals surface area (Å²) in [6.07, 6.45) is 3.91. The summed E-state index contributed by atoms with van der Waals surface area (Å²) in [4.78, 5) is 25.9. The first-order valence-corrected chi connectivity index (χ1v) is 11.2. The number of anilines is 1. The van der Waals surface area contributed by atoms with Crippen LogP contribution in [0.4, 0.5) is 6.01 Å². The Morgan fingerprint density at radius 3 is 2.33 bits per heavy atom. The molecule has 5 rings (SSSR count). The average Bonchev–Trinajstić information content (AvgIpc) is 3.46. The van der Waals surface area contributed by atoms with Crippen LogP contribution in [-0.2, 0) is 5.54 Å². The molecule has 1 saturated heterocycles. The molecule has 170 valence electrons. The summed E-state index contributed by atoms with van der Waals surface area (Å²) in [5.41, 5.74) is 4.93. The molecular formula is C25H28N6O2. The lowest BCUT2D eigenvalue weighted by atomic mass is 10.1. The number of aryl methyl sites for hydroxylation is 1.